The Kier molecular flexibility index (Phi) is 7.12. The van der Waals surface area contributed by atoms with Gasteiger partial charge in [-0.05, 0) is 49.8 Å². The van der Waals surface area contributed by atoms with E-state index >= 15 is 0 Å². The molecule has 0 bridgehead atoms. The smallest absolute Gasteiger partial charge is 0.222 e. The Hall–Kier alpha value is -1.44. The van der Waals surface area contributed by atoms with Gasteiger partial charge in [-0.25, -0.2) is 8.42 Å². The van der Waals surface area contributed by atoms with E-state index < -0.39 is 9.84 Å². The van der Waals surface area contributed by atoms with Crippen LogP contribution in [0.25, 0.3) is 0 Å². The monoisotopic (exact) mass is 408 g/mol. The number of aryl methyl sites for hydroxylation is 1. The standard InChI is InChI=1S/C21H32N2O4S/c1-27-19-11-15-22(16-12-19)18-9-13-23(14-10-18)21(24)8-5-17-3-6-20(7-4-17)28(2,25)26/h3-4,6-7,18-19H,5,8-16H2,1-2H3. The maximum absolute atomic E-state index is 12.6. The first-order chi connectivity index (χ1) is 13.4. The Morgan fingerprint density at radius 2 is 1.64 bits per heavy atom. The molecule has 0 spiro atoms. The predicted octanol–water partition coefficient (Wildman–Crippen LogP) is 2.12. The molecule has 7 heteroatoms. The molecule has 2 heterocycles. The van der Waals surface area contributed by atoms with Crippen LogP contribution >= 0.6 is 0 Å². The molecule has 2 aliphatic rings. The van der Waals surface area contributed by atoms with Gasteiger partial charge in [0.25, 0.3) is 0 Å². The van der Waals surface area contributed by atoms with Crippen LogP contribution in [0.2, 0.25) is 0 Å². The fraction of sp³-hybridized carbons (Fsp3) is 0.667. The van der Waals surface area contributed by atoms with Gasteiger partial charge in [0, 0.05) is 52.0 Å². The summed E-state index contributed by atoms with van der Waals surface area (Å²) < 4.78 is 28.5. The molecule has 1 aromatic carbocycles. The minimum absolute atomic E-state index is 0.198. The predicted molar refractivity (Wildman–Crippen MR) is 109 cm³/mol. The lowest BCUT2D eigenvalue weighted by atomic mass is 9.98. The number of piperidine rings is 2. The minimum atomic E-state index is -3.17. The zero-order valence-corrected chi connectivity index (χ0v) is 17.8. The quantitative estimate of drug-likeness (QED) is 0.721. The number of hydrogen-bond donors (Lipinski definition) is 0. The number of nitrogens with zero attached hydrogens (tertiary/aromatic N) is 2. The summed E-state index contributed by atoms with van der Waals surface area (Å²) in [6.07, 6.45) is 7.04. The van der Waals surface area contributed by atoms with Gasteiger partial charge in [0.2, 0.25) is 5.91 Å². The molecule has 1 aromatic rings. The maximum atomic E-state index is 12.6. The van der Waals surface area contributed by atoms with E-state index in [2.05, 4.69) is 4.90 Å². The number of likely N-dealkylation sites (tertiary alicyclic amines) is 2. The number of carbonyl (C=O) groups is 1. The first kappa shape index (κ1) is 21.3. The van der Waals surface area contributed by atoms with Crippen LogP contribution in [0.5, 0.6) is 0 Å². The molecule has 0 atom stereocenters. The van der Waals surface area contributed by atoms with Crippen molar-refractivity contribution in [3.63, 3.8) is 0 Å². The molecule has 0 unspecified atom stereocenters. The van der Waals surface area contributed by atoms with Gasteiger partial charge in [0.05, 0.1) is 11.0 Å². The van der Waals surface area contributed by atoms with E-state index in [1.807, 2.05) is 4.90 Å². The molecule has 6 nitrogen and oxygen atoms in total. The summed E-state index contributed by atoms with van der Waals surface area (Å²) in [5, 5.41) is 0. The highest BCUT2D eigenvalue weighted by molar-refractivity contribution is 7.90. The van der Waals surface area contributed by atoms with Gasteiger partial charge in [-0.1, -0.05) is 12.1 Å². The molecular weight excluding hydrogens is 376 g/mol. The highest BCUT2D eigenvalue weighted by Crippen LogP contribution is 2.22. The lowest BCUT2D eigenvalue weighted by Crippen LogP contribution is -2.49. The van der Waals surface area contributed by atoms with Gasteiger partial charge in [-0.3, -0.25) is 4.79 Å². The van der Waals surface area contributed by atoms with Crippen LogP contribution in [-0.2, 0) is 25.8 Å². The first-order valence-electron chi connectivity index (χ1n) is 10.2. The van der Waals surface area contributed by atoms with Crippen LogP contribution in [0.4, 0.5) is 0 Å². The lowest BCUT2D eigenvalue weighted by molar-refractivity contribution is -0.132. The number of sulfone groups is 1. The Labute approximate surface area is 168 Å². The third-order valence-corrected chi connectivity index (χ3v) is 7.25. The zero-order valence-electron chi connectivity index (χ0n) is 17.0. The second-order valence-corrected chi connectivity index (χ2v) is 10.0. The third-order valence-electron chi connectivity index (χ3n) is 6.12. The number of carbonyl (C=O) groups excluding carboxylic acids is 1. The molecule has 0 N–H and O–H groups in total. The van der Waals surface area contributed by atoms with Crippen molar-refractivity contribution < 1.29 is 17.9 Å². The summed E-state index contributed by atoms with van der Waals surface area (Å²) in [5.74, 6) is 0.198. The molecule has 2 fully saturated rings. The third kappa shape index (κ3) is 5.55. The van der Waals surface area contributed by atoms with E-state index in [-0.39, 0.29) is 5.91 Å². The lowest BCUT2D eigenvalue weighted by Gasteiger charge is -2.41. The Morgan fingerprint density at radius 1 is 1.04 bits per heavy atom. The van der Waals surface area contributed by atoms with Crippen LogP contribution < -0.4 is 0 Å². The van der Waals surface area contributed by atoms with Gasteiger partial charge in [0.15, 0.2) is 9.84 Å². The van der Waals surface area contributed by atoms with Crippen LogP contribution in [-0.4, -0.2) is 75.8 Å². The normalized spacial score (nSPS) is 20.4. The second-order valence-electron chi connectivity index (χ2n) is 8.00. The average Bonchev–Trinajstić information content (AvgIpc) is 2.72. The Morgan fingerprint density at radius 3 is 2.18 bits per heavy atom. The first-order valence-corrected chi connectivity index (χ1v) is 12.1. The Bertz CT molecular complexity index is 747. The molecule has 2 saturated heterocycles. The van der Waals surface area contributed by atoms with Gasteiger partial charge in [0.1, 0.15) is 0 Å². The highest BCUT2D eigenvalue weighted by atomic mass is 32.2. The van der Waals surface area contributed by atoms with Crippen LogP contribution in [0.1, 0.15) is 37.7 Å². The van der Waals surface area contributed by atoms with Gasteiger partial charge in [-0.15, -0.1) is 0 Å². The van der Waals surface area contributed by atoms with Crippen molar-refractivity contribution in [3.05, 3.63) is 29.8 Å². The number of amides is 1. The van der Waals surface area contributed by atoms with E-state index in [1.54, 1.807) is 31.4 Å². The maximum Gasteiger partial charge on any atom is 0.222 e. The molecule has 0 aromatic heterocycles. The topological polar surface area (TPSA) is 66.9 Å². The molecular formula is C21H32N2O4S. The number of benzene rings is 1. The van der Waals surface area contributed by atoms with Gasteiger partial charge < -0.3 is 14.5 Å². The van der Waals surface area contributed by atoms with E-state index in [1.165, 1.54) is 6.26 Å². The van der Waals surface area contributed by atoms with Crippen LogP contribution in [0, 0.1) is 0 Å². The molecule has 156 valence electrons. The van der Waals surface area contributed by atoms with Crippen molar-refractivity contribution in [2.75, 3.05) is 39.5 Å². The van der Waals surface area contributed by atoms with Gasteiger partial charge in [-0.2, -0.15) is 0 Å². The van der Waals surface area contributed by atoms with Crippen molar-refractivity contribution in [2.45, 2.75) is 55.6 Å². The van der Waals surface area contributed by atoms with E-state index in [0.29, 0.717) is 29.9 Å². The molecule has 0 aliphatic carbocycles. The van der Waals surface area contributed by atoms with Crippen LogP contribution in [0.15, 0.2) is 29.2 Å². The number of ether oxygens (including phenoxy) is 1. The van der Waals surface area contributed by atoms with Crippen LogP contribution in [0.3, 0.4) is 0 Å². The fourth-order valence-corrected chi connectivity index (χ4v) is 4.90. The van der Waals surface area contributed by atoms with Crippen molar-refractivity contribution in [1.29, 1.82) is 0 Å². The van der Waals surface area contributed by atoms with Crippen molar-refractivity contribution >= 4 is 15.7 Å². The summed E-state index contributed by atoms with van der Waals surface area (Å²) in [5.41, 5.74) is 0.997. The minimum Gasteiger partial charge on any atom is -0.381 e. The largest absolute Gasteiger partial charge is 0.381 e. The SMILES string of the molecule is COC1CCN(C2CCN(C(=O)CCc3ccc(S(C)(=O)=O)cc3)CC2)CC1. The average molecular weight is 409 g/mol. The van der Waals surface area contributed by atoms with Crippen molar-refractivity contribution in [2.24, 2.45) is 0 Å². The fourth-order valence-electron chi connectivity index (χ4n) is 4.27. The Balaban J connectivity index is 1.42. The van der Waals surface area contributed by atoms with Crippen molar-refractivity contribution in [3.8, 4) is 0 Å². The highest BCUT2D eigenvalue weighted by Gasteiger charge is 2.29. The van der Waals surface area contributed by atoms with Crippen molar-refractivity contribution in [1.82, 2.24) is 9.80 Å². The zero-order chi connectivity index (χ0) is 20.1. The molecule has 1 amide bonds. The molecule has 0 saturated carbocycles. The van der Waals surface area contributed by atoms with E-state index in [9.17, 15) is 13.2 Å². The summed E-state index contributed by atoms with van der Waals surface area (Å²) in [7, 11) is -1.38. The number of hydrogen-bond acceptors (Lipinski definition) is 5. The summed E-state index contributed by atoms with van der Waals surface area (Å²) in [6, 6.07) is 7.44. The summed E-state index contributed by atoms with van der Waals surface area (Å²) in [4.78, 5) is 17.4. The summed E-state index contributed by atoms with van der Waals surface area (Å²) >= 11 is 0. The van der Waals surface area contributed by atoms with E-state index in [0.717, 1.165) is 57.4 Å². The number of methoxy groups -OCH3 is 1. The molecule has 3 rings (SSSR count). The molecule has 28 heavy (non-hydrogen) atoms. The van der Waals surface area contributed by atoms with Gasteiger partial charge >= 0.3 is 0 Å². The molecule has 2 aliphatic heterocycles. The molecule has 0 radical (unpaired) electrons. The van der Waals surface area contributed by atoms with E-state index in [4.69, 9.17) is 4.74 Å². The summed E-state index contributed by atoms with van der Waals surface area (Å²) in [6.45, 7) is 3.86. The number of rotatable bonds is 6. The second kappa shape index (κ2) is 9.37.